The van der Waals surface area contributed by atoms with E-state index in [1.165, 1.54) is 0 Å². The third-order valence-corrected chi connectivity index (χ3v) is 2.71. The van der Waals surface area contributed by atoms with Crippen molar-refractivity contribution < 1.29 is 4.79 Å². The van der Waals surface area contributed by atoms with Gasteiger partial charge >= 0.3 is 0 Å². The monoisotopic (exact) mass is 193 g/mol. The highest BCUT2D eigenvalue weighted by atomic mass is 16.1. The molecular weight excluding hydrogens is 178 g/mol. The number of aryl methyl sites for hydroxylation is 1. The van der Waals surface area contributed by atoms with Crippen molar-refractivity contribution in [2.75, 3.05) is 13.1 Å². The van der Waals surface area contributed by atoms with Gasteiger partial charge in [0.2, 0.25) is 5.78 Å². The average Bonchev–Trinajstić information content (AvgIpc) is 2.65. The number of nitrogens with one attached hydrogen (secondary N) is 1. The number of rotatable bonds is 2. The van der Waals surface area contributed by atoms with E-state index in [0.717, 1.165) is 25.9 Å². The molecule has 4 nitrogen and oxygen atoms in total. The molecule has 2 heterocycles. The molecule has 1 aromatic rings. The van der Waals surface area contributed by atoms with Crippen molar-refractivity contribution in [3.05, 3.63) is 18.2 Å². The predicted octanol–water partition coefficient (Wildman–Crippen LogP) is 0.602. The summed E-state index contributed by atoms with van der Waals surface area (Å²) in [7, 11) is 1.86. The number of hydrogen-bond donors (Lipinski definition) is 1. The Morgan fingerprint density at radius 3 is 3.14 bits per heavy atom. The van der Waals surface area contributed by atoms with Crippen LogP contribution in [0.25, 0.3) is 0 Å². The summed E-state index contributed by atoms with van der Waals surface area (Å²) in [6.45, 7) is 1.83. The summed E-state index contributed by atoms with van der Waals surface area (Å²) < 4.78 is 1.79. The van der Waals surface area contributed by atoms with E-state index in [2.05, 4.69) is 10.3 Å². The first kappa shape index (κ1) is 9.40. The van der Waals surface area contributed by atoms with Gasteiger partial charge in [0.25, 0.3) is 0 Å². The maximum absolute atomic E-state index is 12.0. The summed E-state index contributed by atoms with van der Waals surface area (Å²) in [4.78, 5) is 16.0. The molecule has 76 valence electrons. The molecule has 1 fully saturated rings. The minimum Gasteiger partial charge on any atom is -0.332 e. The summed E-state index contributed by atoms with van der Waals surface area (Å²) in [5.74, 6) is 0.869. The smallest absolute Gasteiger partial charge is 0.202 e. The standard InChI is InChI=1S/C10H15N3O/c1-13-6-5-12-10(13)9(14)8-3-2-4-11-7-8/h5-6,8,11H,2-4,7H2,1H3/t8-/m0/s1. The van der Waals surface area contributed by atoms with E-state index in [4.69, 9.17) is 0 Å². The quantitative estimate of drug-likeness (QED) is 0.700. The SMILES string of the molecule is Cn1ccnc1C(=O)[C@H]1CCCNC1. The topological polar surface area (TPSA) is 46.9 Å². The van der Waals surface area contributed by atoms with Crippen LogP contribution in [0.1, 0.15) is 23.5 Å². The zero-order chi connectivity index (χ0) is 9.97. The van der Waals surface area contributed by atoms with Gasteiger partial charge in [0, 0.05) is 31.9 Å². The minimum atomic E-state index is 0.116. The number of piperidine rings is 1. The number of carbonyl (C=O) groups is 1. The van der Waals surface area contributed by atoms with Crippen LogP contribution in [0.5, 0.6) is 0 Å². The van der Waals surface area contributed by atoms with Crippen molar-refractivity contribution in [3.8, 4) is 0 Å². The van der Waals surface area contributed by atoms with Crippen LogP contribution >= 0.6 is 0 Å². The first-order valence-corrected chi connectivity index (χ1v) is 5.01. The molecule has 1 aliphatic rings. The second kappa shape index (κ2) is 3.92. The molecule has 0 unspecified atom stereocenters. The van der Waals surface area contributed by atoms with Gasteiger partial charge in [-0.05, 0) is 19.4 Å². The zero-order valence-electron chi connectivity index (χ0n) is 8.36. The normalized spacial score (nSPS) is 22.2. The molecule has 4 heteroatoms. The van der Waals surface area contributed by atoms with Crippen LogP contribution < -0.4 is 5.32 Å². The van der Waals surface area contributed by atoms with E-state index < -0.39 is 0 Å². The number of Topliss-reactive ketones (excluding diaryl/α,β-unsaturated/α-hetero) is 1. The third-order valence-electron chi connectivity index (χ3n) is 2.71. The van der Waals surface area contributed by atoms with E-state index in [1.807, 2.05) is 13.2 Å². The molecule has 1 aromatic heterocycles. The van der Waals surface area contributed by atoms with Crippen LogP contribution in [0.15, 0.2) is 12.4 Å². The lowest BCUT2D eigenvalue weighted by Gasteiger charge is -2.20. The van der Waals surface area contributed by atoms with Crippen molar-refractivity contribution in [2.45, 2.75) is 12.8 Å². The average molecular weight is 193 g/mol. The Bertz CT molecular complexity index is 326. The van der Waals surface area contributed by atoms with Gasteiger partial charge in [-0.1, -0.05) is 0 Å². The van der Waals surface area contributed by atoms with Crippen LogP contribution in [0, 0.1) is 5.92 Å². The molecule has 0 aliphatic carbocycles. The maximum atomic E-state index is 12.0. The summed E-state index contributed by atoms with van der Waals surface area (Å²) in [5.41, 5.74) is 0. The number of imidazole rings is 1. The Hall–Kier alpha value is -1.16. The molecule has 1 N–H and O–H groups in total. The van der Waals surface area contributed by atoms with Crippen LogP contribution in [0.4, 0.5) is 0 Å². The molecular formula is C10H15N3O. The van der Waals surface area contributed by atoms with Gasteiger partial charge in [-0.3, -0.25) is 4.79 Å². The Labute approximate surface area is 83.3 Å². The number of carbonyl (C=O) groups excluding carboxylic acids is 1. The van der Waals surface area contributed by atoms with Crippen LogP contribution in [0.2, 0.25) is 0 Å². The molecule has 0 amide bonds. The number of nitrogens with zero attached hydrogens (tertiary/aromatic N) is 2. The fourth-order valence-electron chi connectivity index (χ4n) is 1.86. The van der Waals surface area contributed by atoms with Gasteiger partial charge in [-0.15, -0.1) is 0 Å². The van der Waals surface area contributed by atoms with Gasteiger partial charge in [0.05, 0.1) is 0 Å². The molecule has 14 heavy (non-hydrogen) atoms. The van der Waals surface area contributed by atoms with E-state index in [0.29, 0.717) is 5.82 Å². The zero-order valence-corrected chi connectivity index (χ0v) is 8.36. The number of aromatic nitrogens is 2. The molecule has 0 saturated carbocycles. The second-order valence-electron chi connectivity index (χ2n) is 3.77. The van der Waals surface area contributed by atoms with Crippen molar-refractivity contribution in [3.63, 3.8) is 0 Å². The largest absolute Gasteiger partial charge is 0.332 e. The van der Waals surface area contributed by atoms with E-state index >= 15 is 0 Å². The molecule has 1 saturated heterocycles. The highest BCUT2D eigenvalue weighted by Crippen LogP contribution is 2.14. The van der Waals surface area contributed by atoms with Crippen molar-refractivity contribution in [2.24, 2.45) is 13.0 Å². The maximum Gasteiger partial charge on any atom is 0.202 e. The molecule has 2 rings (SSSR count). The molecule has 1 atom stereocenters. The van der Waals surface area contributed by atoms with Gasteiger partial charge < -0.3 is 9.88 Å². The van der Waals surface area contributed by atoms with Gasteiger partial charge in [0.15, 0.2) is 5.82 Å². The molecule has 0 bridgehead atoms. The lowest BCUT2D eigenvalue weighted by atomic mass is 9.95. The number of ketones is 1. The van der Waals surface area contributed by atoms with Crippen LogP contribution in [0.3, 0.4) is 0 Å². The lowest BCUT2D eigenvalue weighted by molar-refractivity contribution is 0.0885. The van der Waals surface area contributed by atoms with Gasteiger partial charge in [-0.25, -0.2) is 4.98 Å². The molecule has 0 spiro atoms. The summed E-state index contributed by atoms with van der Waals surface area (Å²) >= 11 is 0. The lowest BCUT2D eigenvalue weighted by Crippen LogP contribution is -2.35. The first-order chi connectivity index (χ1) is 6.79. The molecule has 0 radical (unpaired) electrons. The van der Waals surface area contributed by atoms with Crippen molar-refractivity contribution in [1.29, 1.82) is 0 Å². The van der Waals surface area contributed by atoms with Gasteiger partial charge in [0.1, 0.15) is 0 Å². The van der Waals surface area contributed by atoms with Crippen LogP contribution in [-0.4, -0.2) is 28.4 Å². The molecule has 0 aromatic carbocycles. The summed E-state index contributed by atoms with van der Waals surface area (Å²) in [6, 6.07) is 0. The van der Waals surface area contributed by atoms with E-state index in [-0.39, 0.29) is 11.7 Å². The highest BCUT2D eigenvalue weighted by Gasteiger charge is 2.24. The highest BCUT2D eigenvalue weighted by molar-refractivity contribution is 5.94. The fourth-order valence-corrected chi connectivity index (χ4v) is 1.86. The van der Waals surface area contributed by atoms with Crippen molar-refractivity contribution in [1.82, 2.24) is 14.9 Å². The third kappa shape index (κ3) is 1.70. The first-order valence-electron chi connectivity index (χ1n) is 5.01. The minimum absolute atomic E-state index is 0.116. The summed E-state index contributed by atoms with van der Waals surface area (Å²) in [6.07, 6.45) is 5.55. The number of hydrogen-bond acceptors (Lipinski definition) is 3. The Morgan fingerprint density at radius 1 is 1.71 bits per heavy atom. The second-order valence-corrected chi connectivity index (χ2v) is 3.77. The molecule has 1 aliphatic heterocycles. The van der Waals surface area contributed by atoms with E-state index in [1.54, 1.807) is 10.8 Å². The fraction of sp³-hybridized carbons (Fsp3) is 0.600. The Balaban J connectivity index is 2.11. The van der Waals surface area contributed by atoms with E-state index in [9.17, 15) is 4.79 Å². The van der Waals surface area contributed by atoms with Crippen molar-refractivity contribution >= 4 is 5.78 Å². The van der Waals surface area contributed by atoms with Crippen LogP contribution in [-0.2, 0) is 7.05 Å². The Kier molecular flexibility index (Phi) is 2.63. The Morgan fingerprint density at radius 2 is 2.57 bits per heavy atom. The predicted molar refractivity (Wildman–Crippen MR) is 53.1 cm³/mol. The van der Waals surface area contributed by atoms with Gasteiger partial charge in [-0.2, -0.15) is 0 Å². The summed E-state index contributed by atoms with van der Waals surface area (Å²) in [5, 5.41) is 3.24.